The van der Waals surface area contributed by atoms with Gasteiger partial charge in [-0.05, 0) is 0 Å². The number of halogens is 3. The van der Waals surface area contributed by atoms with Gasteiger partial charge in [-0.3, -0.25) is 0 Å². The minimum atomic E-state index is -2.33. The maximum absolute atomic E-state index is 11.6. The molecule has 0 amide bonds. The number of ether oxygens (including phenoxy) is 1. The van der Waals surface area contributed by atoms with Crippen molar-refractivity contribution in [1.82, 2.24) is 0 Å². The van der Waals surface area contributed by atoms with Crippen LogP contribution in [0.15, 0.2) is 0 Å². The highest BCUT2D eigenvalue weighted by Crippen LogP contribution is 1.94. The Morgan fingerprint density at radius 3 is 2.44 bits per heavy atom. The number of carbonyl (C=O) groups excluding carboxylic acids is 1. The minimum absolute atomic E-state index is 1.39. The van der Waals surface area contributed by atoms with Crippen molar-refractivity contribution in [3.63, 3.8) is 0 Å². The lowest BCUT2D eigenvalue weighted by Crippen LogP contribution is -2.16. The molecule has 0 aromatic rings. The zero-order chi connectivity index (χ0) is 7.28. The molecule has 0 rings (SSSR count). The van der Waals surface area contributed by atoms with Crippen molar-refractivity contribution in [3.8, 4) is 0 Å². The summed E-state index contributed by atoms with van der Waals surface area (Å²) in [4.78, 5) is 9.78. The fraction of sp³-hybridized carbons (Fsp3) is 0.750. The van der Waals surface area contributed by atoms with Gasteiger partial charge in [0.25, 0.3) is 6.36 Å². The summed E-state index contributed by atoms with van der Waals surface area (Å²) in [5.74, 6) is -1.39. The second-order valence-corrected chi connectivity index (χ2v) is 1.19. The summed E-state index contributed by atoms with van der Waals surface area (Å²) >= 11 is 0. The van der Waals surface area contributed by atoms with Crippen molar-refractivity contribution in [2.24, 2.45) is 0 Å². The van der Waals surface area contributed by atoms with Gasteiger partial charge in [0.2, 0.25) is 0 Å². The second kappa shape index (κ2) is 4.17. The Hall–Kier alpha value is -0.740. The molecule has 0 spiro atoms. The molecule has 0 aliphatic carbocycles. The molecule has 1 atom stereocenters. The van der Waals surface area contributed by atoms with Crippen LogP contribution in [0.4, 0.5) is 13.2 Å². The first kappa shape index (κ1) is 8.26. The maximum atomic E-state index is 11.6. The van der Waals surface area contributed by atoms with E-state index in [0.717, 1.165) is 0 Å². The van der Waals surface area contributed by atoms with Crippen molar-refractivity contribution in [2.75, 3.05) is 13.3 Å². The van der Waals surface area contributed by atoms with Crippen molar-refractivity contribution < 1.29 is 22.7 Å². The van der Waals surface area contributed by atoms with E-state index < -0.39 is 25.7 Å². The average Bonchev–Trinajstić information content (AvgIpc) is 1.87. The number of alkyl halides is 3. The Balaban J connectivity index is 3.34. The van der Waals surface area contributed by atoms with Crippen LogP contribution < -0.4 is 0 Å². The summed E-state index contributed by atoms with van der Waals surface area (Å²) in [5.41, 5.74) is 0. The van der Waals surface area contributed by atoms with Gasteiger partial charge in [0.05, 0.1) is 0 Å². The number of rotatable bonds is 3. The number of esters is 1. The monoisotopic (exact) mass is 142 g/mol. The predicted octanol–water partition coefficient (Wildman–Crippen LogP) is 0.764. The zero-order valence-electron chi connectivity index (χ0n) is 4.44. The quantitative estimate of drug-likeness (QED) is 0.544. The Kier molecular flexibility index (Phi) is 3.83. The van der Waals surface area contributed by atoms with Crippen LogP contribution in [0.2, 0.25) is 0 Å². The molecule has 2 nitrogen and oxygen atoms in total. The number of hydrogen-bond donors (Lipinski definition) is 0. The summed E-state index contributed by atoms with van der Waals surface area (Å²) in [7, 11) is 0. The number of carbonyl (C=O) groups is 1. The standard InChI is InChI=1S/C4H5F3O2/c5-1-3(7)9-4(8)2-6/h3H,1-2H2. The van der Waals surface area contributed by atoms with Gasteiger partial charge in [-0.15, -0.1) is 0 Å². The van der Waals surface area contributed by atoms with E-state index in [-0.39, 0.29) is 0 Å². The fourth-order valence-corrected chi connectivity index (χ4v) is 0.206. The molecule has 54 valence electrons. The van der Waals surface area contributed by atoms with Crippen LogP contribution in [-0.4, -0.2) is 25.7 Å². The van der Waals surface area contributed by atoms with Crippen LogP contribution in [0.1, 0.15) is 0 Å². The first-order valence-corrected chi connectivity index (χ1v) is 2.16. The lowest BCUT2D eigenvalue weighted by atomic mass is 10.7. The van der Waals surface area contributed by atoms with Gasteiger partial charge in [0.15, 0.2) is 13.3 Å². The van der Waals surface area contributed by atoms with E-state index in [1.165, 1.54) is 0 Å². The van der Waals surface area contributed by atoms with Crippen molar-refractivity contribution in [1.29, 1.82) is 0 Å². The van der Waals surface area contributed by atoms with Crippen LogP contribution >= 0.6 is 0 Å². The average molecular weight is 142 g/mol. The van der Waals surface area contributed by atoms with Crippen LogP contribution in [0.3, 0.4) is 0 Å². The van der Waals surface area contributed by atoms with Crippen LogP contribution in [0.25, 0.3) is 0 Å². The summed E-state index contributed by atoms with van der Waals surface area (Å²) in [6.07, 6.45) is -2.33. The second-order valence-electron chi connectivity index (χ2n) is 1.19. The van der Waals surface area contributed by atoms with Gasteiger partial charge in [-0.1, -0.05) is 0 Å². The summed E-state index contributed by atoms with van der Waals surface area (Å²) < 4.78 is 37.3. The smallest absolute Gasteiger partial charge is 0.340 e. The molecule has 1 unspecified atom stereocenters. The highest BCUT2D eigenvalue weighted by molar-refractivity contribution is 5.70. The first-order chi connectivity index (χ1) is 4.20. The summed E-state index contributed by atoms with van der Waals surface area (Å²) in [5, 5.41) is 0. The molecule has 0 heterocycles. The van der Waals surface area contributed by atoms with E-state index >= 15 is 0 Å². The Morgan fingerprint density at radius 1 is 1.56 bits per heavy atom. The van der Waals surface area contributed by atoms with Crippen molar-refractivity contribution >= 4 is 5.97 Å². The van der Waals surface area contributed by atoms with Gasteiger partial charge in [-0.2, -0.15) is 4.39 Å². The predicted molar refractivity (Wildman–Crippen MR) is 22.9 cm³/mol. The lowest BCUT2D eigenvalue weighted by Gasteiger charge is -2.01. The molecule has 0 aromatic carbocycles. The third-order valence-electron chi connectivity index (χ3n) is 0.490. The molecular weight excluding hydrogens is 137 g/mol. The van der Waals surface area contributed by atoms with Gasteiger partial charge in [-0.25, -0.2) is 13.6 Å². The van der Waals surface area contributed by atoms with E-state index in [9.17, 15) is 18.0 Å². The minimum Gasteiger partial charge on any atom is -0.426 e. The van der Waals surface area contributed by atoms with E-state index in [1.54, 1.807) is 0 Å². The summed E-state index contributed by atoms with van der Waals surface area (Å²) in [6.45, 7) is -2.87. The molecule has 0 bridgehead atoms. The zero-order valence-corrected chi connectivity index (χ0v) is 4.44. The van der Waals surface area contributed by atoms with E-state index in [0.29, 0.717) is 0 Å². The van der Waals surface area contributed by atoms with Crippen molar-refractivity contribution in [2.45, 2.75) is 6.36 Å². The van der Waals surface area contributed by atoms with Crippen LogP contribution in [0, 0.1) is 0 Å². The molecule has 0 aliphatic rings. The van der Waals surface area contributed by atoms with Gasteiger partial charge in [0.1, 0.15) is 0 Å². The Bertz CT molecular complexity index is 95.8. The van der Waals surface area contributed by atoms with Gasteiger partial charge >= 0.3 is 5.97 Å². The topological polar surface area (TPSA) is 26.3 Å². The molecule has 0 aliphatic heterocycles. The third kappa shape index (κ3) is 3.81. The molecule has 0 aromatic heterocycles. The molecule has 0 radical (unpaired) electrons. The fourth-order valence-electron chi connectivity index (χ4n) is 0.206. The highest BCUT2D eigenvalue weighted by atomic mass is 19.2. The Labute approximate surface area is 49.6 Å². The molecule has 0 saturated carbocycles. The molecule has 9 heavy (non-hydrogen) atoms. The largest absolute Gasteiger partial charge is 0.426 e. The third-order valence-corrected chi connectivity index (χ3v) is 0.490. The van der Waals surface area contributed by atoms with Gasteiger partial charge in [0, 0.05) is 0 Å². The SMILES string of the molecule is O=C(CF)OC(F)CF. The van der Waals surface area contributed by atoms with Gasteiger partial charge < -0.3 is 4.74 Å². The highest BCUT2D eigenvalue weighted by Gasteiger charge is 2.10. The van der Waals surface area contributed by atoms with E-state index in [4.69, 9.17) is 0 Å². The molecule has 0 saturated heterocycles. The first-order valence-electron chi connectivity index (χ1n) is 2.16. The molecule has 0 N–H and O–H groups in total. The molecule has 5 heteroatoms. The normalized spacial score (nSPS) is 12.8. The summed E-state index contributed by atoms with van der Waals surface area (Å²) in [6, 6.07) is 0. The maximum Gasteiger partial charge on any atom is 0.340 e. The van der Waals surface area contributed by atoms with Crippen LogP contribution in [-0.2, 0) is 9.53 Å². The van der Waals surface area contributed by atoms with Crippen LogP contribution in [0.5, 0.6) is 0 Å². The van der Waals surface area contributed by atoms with Crippen molar-refractivity contribution in [3.05, 3.63) is 0 Å². The van der Waals surface area contributed by atoms with E-state index in [1.807, 2.05) is 0 Å². The number of hydrogen-bond acceptors (Lipinski definition) is 2. The van der Waals surface area contributed by atoms with E-state index in [2.05, 4.69) is 4.74 Å². The molecular formula is C4H5F3O2. The Morgan fingerprint density at radius 2 is 2.11 bits per heavy atom. The molecule has 0 fully saturated rings. The lowest BCUT2D eigenvalue weighted by molar-refractivity contribution is -0.160.